The first-order chi connectivity index (χ1) is 8.26. The zero-order chi connectivity index (χ0) is 13.9. The molecule has 0 aliphatic heterocycles. The Labute approximate surface area is 97.6 Å². The van der Waals surface area contributed by atoms with E-state index in [0.717, 1.165) is 0 Å². The van der Waals surface area contributed by atoms with Crippen LogP contribution in [0.15, 0.2) is 4.52 Å². The van der Waals surface area contributed by atoms with Gasteiger partial charge in [0.25, 0.3) is 6.36 Å². The number of hydrogen-bond acceptors (Lipinski definition) is 6. The molecule has 1 aromatic rings. The lowest BCUT2D eigenvalue weighted by Gasteiger charge is -2.10. The zero-order valence-electron chi connectivity index (χ0n) is 8.95. The number of aromatic nitrogens is 1. The zero-order valence-corrected chi connectivity index (χ0v) is 8.95. The van der Waals surface area contributed by atoms with Crippen LogP contribution in [-0.2, 0) is 9.47 Å². The van der Waals surface area contributed by atoms with Gasteiger partial charge in [-0.1, -0.05) is 5.16 Å². The minimum absolute atomic E-state index is 0.0834. The Kier molecular flexibility index (Phi) is 4.11. The molecule has 1 atom stereocenters. The van der Waals surface area contributed by atoms with E-state index in [1.807, 2.05) is 0 Å². The third-order valence-corrected chi connectivity index (χ3v) is 1.68. The van der Waals surface area contributed by atoms with E-state index < -0.39 is 35.8 Å². The molecule has 102 valence electrons. The van der Waals surface area contributed by atoms with Crippen LogP contribution in [-0.4, -0.2) is 24.1 Å². The van der Waals surface area contributed by atoms with Gasteiger partial charge < -0.3 is 15.0 Å². The van der Waals surface area contributed by atoms with E-state index in [9.17, 15) is 22.4 Å². The summed E-state index contributed by atoms with van der Waals surface area (Å²) in [5.41, 5.74) is 3.39. The van der Waals surface area contributed by atoms with Gasteiger partial charge >= 0.3 is 12.3 Å². The molecule has 0 radical (unpaired) electrons. The van der Waals surface area contributed by atoms with Gasteiger partial charge in [-0.25, -0.2) is 9.18 Å². The summed E-state index contributed by atoms with van der Waals surface area (Å²) >= 11 is 0. The van der Waals surface area contributed by atoms with Gasteiger partial charge in [-0.15, -0.1) is 13.2 Å². The molecular formula is C8H8F4N2O4. The number of rotatable bonds is 4. The van der Waals surface area contributed by atoms with Crippen molar-refractivity contribution in [2.45, 2.75) is 19.6 Å². The lowest BCUT2D eigenvalue weighted by molar-refractivity contribution is -0.363. The average Bonchev–Trinajstić information content (AvgIpc) is 2.58. The van der Waals surface area contributed by atoms with E-state index in [-0.39, 0.29) is 6.61 Å². The number of nitrogen functional groups attached to an aromatic ring is 1. The van der Waals surface area contributed by atoms with E-state index in [1.54, 1.807) is 0 Å². The molecule has 1 aromatic heterocycles. The summed E-state index contributed by atoms with van der Waals surface area (Å²) in [6, 6.07) is 0. The van der Waals surface area contributed by atoms with E-state index in [4.69, 9.17) is 5.73 Å². The molecule has 6 nitrogen and oxygen atoms in total. The van der Waals surface area contributed by atoms with Crippen LogP contribution in [0.2, 0.25) is 0 Å². The monoisotopic (exact) mass is 272 g/mol. The Hall–Kier alpha value is -1.84. The van der Waals surface area contributed by atoms with Crippen LogP contribution in [0.3, 0.4) is 0 Å². The number of ether oxygens (including phenoxy) is 2. The van der Waals surface area contributed by atoms with Gasteiger partial charge in [0, 0.05) is 0 Å². The topological polar surface area (TPSA) is 87.6 Å². The highest BCUT2D eigenvalue weighted by atomic mass is 19.4. The highest BCUT2D eigenvalue weighted by Gasteiger charge is 2.38. The number of anilines is 1. The van der Waals surface area contributed by atoms with Crippen molar-refractivity contribution in [3.05, 3.63) is 11.3 Å². The molecule has 0 aliphatic rings. The number of nitrogens with zero attached hydrogens (tertiary/aromatic N) is 1. The van der Waals surface area contributed by atoms with Crippen LogP contribution >= 0.6 is 0 Å². The Balaban J connectivity index is 2.99. The van der Waals surface area contributed by atoms with Gasteiger partial charge in [0.1, 0.15) is 0 Å². The van der Waals surface area contributed by atoms with Crippen molar-refractivity contribution in [2.75, 3.05) is 12.3 Å². The minimum atomic E-state index is -5.24. The highest BCUT2D eigenvalue weighted by Crippen LogP contribution is 2.32. The third-order valence-electron chi connectivity index (χ3n) is 1.68. The van der Waals surface area contributed by atoms with Crippen molar-refractivity contribution in [3.8, 4) is 0 Å². The van der Waals surface area contributed by atoms with Crippen LogP contribution in [0.4, 0.5) is 23.4 Å². The van der Waals surface area contributed by atoms with E-state index in [2.05, 4.69) is 19.2 Å². The summed E-state index contributed by atoms with van der Waals surface area (Å²) in [4.78, 5) is 11.3. The fraction of sp³-hybridized carbons (Fsp3) is 0.500. The highest BCUT2D eigenvalue weighted by molar-refractivity contribution is 5.95. The maximum atomic E-state index is 13.2. The fourth-order valence-corrected chi connectivity index (χ4v) is 1.05. The second-order valence-corrected chi connectivity index (χ2v) is 2.91. The molecule has 0 amide bonds. The second-order valence-electron chi connectivity index (χ2n) is 2.91. The van der Waals surface area contributed by atoms with Gasteiger partial charge in [-0.05, 0) is 6.92 Å². The quantitative estimate of drug-likeness (QED) is 0.665. The van der Waals surface area contributed by atoms with Gasteiger partial charge in [0.2, 0.25) is 5.88 Å². The summed E-state index contributed by atoms with van der Waals surface area (Å²) in [6.45, 7) is 1.36. The van der Waals surface area contributed by atoms with Crippen molar-refractivity contribution in [1.29, 1.82) is 0 Å². The molecule has 2 N–H and O–H groups in total. The predicted octanol–water partition coefficient (Wildman–Crippen LogP) is 1.94. The normalized spacial score (nSPS) is 13.4. The Morgan fingerprint density at radius 1 is 1.56 bits per heavy atom. The summed E-state index contributed by atoms with van der Waals surface area (Å²) < 4.78 is 60.4. The average molecular weight is 272 g/mol. The molecule has 0 bridgehead atoms. The largest absolute Gasteiger partial charge is 0.525 e. The lowest BCUT2D eigenvalue weighted by atomic mass is 10.2. The predicted molar refractivity (Wildman–Crippen MR) is 47.9 cm³/mol. The van der Waals surface area contributed by atoms with Crippen LogP contribution in [0, 0.1) is 0 Å². The van der Waals surface area contributed by atoms with Crippen molar-refractivity contribution < 1.29 is 36.4 Å². The molecule has 1 rings (SSSR count). The third kappa shape index (κ3) is 3.32. The van der Waals surface area contributed by atoms with E-state index in [0.29, 0.717) is 0 Å². The second kappa shape index (κ2) is 5.21. The van der Waals surface area contributed by atoms with Gasteiger partial charge in [0.05, 0.1) is 6.61 Å². The van der Waals surface area contributed by atoms with Crippen LogP contribution < -0.4 is 5.73 Å². The maximum absolute atomic E-state index is 13.2. The standard InChI is InChI=1S/C8H8F4N2O4/c1-2-16-7(15)3-4(14-18-6(3)13)5(9)17-8(10,11)12/h5H,2,13H2,1H3/t5-/m1/s1. The molecular weight excluding hydrogens is 264 g/mol. The molecule has 0 fully saturated rings. The molecule has 0 aliphatic carbocycles. The molecule has 18 heavy (non-hydrogen) atoms. The van der Waals surface area contributed by atoms with Crippen molar-refractivity contribution in [2.24, 2.45) is 0 Å². The minimum Gasteiger partial charge on any atom is -0.462 e. The Morgan fingerprint density at radius 2 is 2.17 bits per heavy atom. The molecule has 0 spiro atoms. The Bertz CT molecular complexity index is 431. The molecule has 0 saturated heterocycles. The van der Waals surface area contributed by atoms with Gasteiger partial charge in [-0.3, -0.25) is 4.74 Å². The van der Waals surface area contributed by atoms with E-state index in [1.165, 1.54) is 6.92 Å². The number of nitrogens with two attached hydrogens (primary N) is 1. The SMILES string of the molecule is CCOC(=O)c1c([C@H](F)OC(F)(F)F)noc1N. The number of halogens is 4. The van der Waals surface area contributed by atoms with E-state index >= 15 is 0 Å². The van der Waals surface area contributed by atoms with Gasteiger partial charge in [0.15, 0.2) is 11.3 Å². The maximum Gasteiger partial charge on any atom is 0.525 e. The fourth-order valence-electron chi connectivity index (χ4n) is 1.05. The van der Waals surface area contributed by atoms with Crippen molar-refractivity contribution >= 4 is 11.9 Å². The summed E-state index contributed by atoms with van der Waals surface area (Å²) in [6.07, 6.45) is -8.27. The molecule has 0 unspecified atom stereocenters. The summed E-state index contributed by atoms with van der Waals surface area (Å²) in [7, 11) is 0. The lowest BCUT2D eigenvalue weighted by Crippen LogP contribution is -2.18. The van der Waals surface area contributed by atoms with Crippen LogP contribution in [0.1, 0.15) is 29.3 Å². The first kappa shape index (κ1) is 14.2. The number of carbonyl (C=O) groups is 1. The number of alkyl halides is 4. The number of esters is 1. The molecule has 1 heterocycles. The van der Waals surface area contributed by atoms with Crippen LogP contribution in [0.5, 0.6) is 0 Å². The van der Waals surface area contributed by atoms with Gasteiger partial charge in [-0.2, -0.15) is 0 Å². The number of hydrogen-bond donors (Lipinski definition) is 1. The summed E-state index contributed by atoms with van der Waals surface area (Å²) in [5, 5.41) is 2.90. The number of carbonyl (C=O) groups excluding carboxylic acids is 1. The first-order valence-corrected chi connectivity index (χ1v) is 4.57. The molecule has 0 saturated carbocycles. The Morgan fingerprint density at radius 3 is 2.67 bits per heavy atom. The van der Waals surface area contributed by atoms with Crippen molar-refractivity contribution in [3.63, 3.8) is 0 Å². The molecule has 10 heteroatoms. The van der Waals surface area contributed by atoms with Crippen LogP contribution in [0.25, 0.3) is 0 Å². The first-order valence-electron chi connectivity index (χ1n) is 4.57. The summed E-state index contributed by atoms with van der Waals surface area (Å²) in [5.74, 6) is -1.81. The smallest absolute Gasteiger partial charge is 0.462 e. The molecule has 0 aromatic carbocycles. The van der Waals surface area contributed by atoms with Crippen molar-refractivity contribution in [1.82, 2.24) is 5.16 Å².